The quantitative estimate of drug-likeness (QED) is 0.919. The van der Waals surface area contributed by atoms with Crippen molar-refractivity contribution >= 4 is 5.91 Å². The highest BCUT2D eigenvalue weighted by Gasteiger charge is 2.29. The highest BCUT2D eigenvalue weighted by atomic mass is 19.1. The maximum absolute atomic E-state index is 13.2. The van der Waals surface area contributed by atoms with E-state index in [-0.39, 0.29) is 24.2 Å². The first-order valence-electron chi connectivity index (χ1n) is 7.38. The Balaban J connectivity index is 2.01. The lowest BCUT2D eigenvalue weighted by Crippen LogP contribution is -2.50. The van der Waals surface area contributed by atoms with Crippen LogP contribution in [0.5, 0.6) is 0 Å². The number of carbonyl (C=O) groups excluding carboxylic acids is 1. The van der Waals surface area contributed by atoms with E-state index in [1.54, 1.807) is 12.1 Å². The van der Waals surface area contributed by atoms with E-state index in [9.17, 15) is 9.18 Å². The van der Waals surface area contributed by atoms with E-state index in [1.165, 1.54) is 12.1 Å². The van der Waals surface area contributed by atoms with E-state index in [2.05, 4.69) is 6.92 Å². The third kappa shape index (κ3) is 3.57. The second-order valence-electron chi connectivity index (χ2n) is 5.58. The first-order chi connectivity index (χ1) is 9.63. The van der Waals surface area contributed by atoms with Crippen molar-refractivity contribution in [2.45, 2.75) is 38.6 Å². The van der Waals surface area contributed by atoms with Crippen molar-refractivity contribution in [2.75, 3.05) is 13.1 Å². The van der Waals surface area contributed by atoms with E-state index in [1.807, 2.05) is 4.90 Å². The molecule has 0 aromatic heterocycles. The van der Waals surface area contributed by atoms with Gasteiger partial charge in [-0.05, 0) is 36.5 Å². The zero-order chi connectivity index (χ0) is 14.5. The molecule has 110 valence electrons. The first kappa shape index (κ1) is 15.0. The molecular formula is C16H23FN2O. The average molecular weight is 278 g/mol. The normalized spacial score (nSPS) is 22.9. The third-order valence-electron chi connectivity index (χ3n) is 4.24. The maximum atomic E-state index is 13.2. The summed E-state index contributed by atoms with van der Waals surface area (Å²) in [5, 5.41) is 0. The molecule has 1 aliphatic rings. The number of benzene rings is 1. The molecule has 1 aliphatic heterocycles. The summed E-state index contributed by atoms with van der Waals surface area (Å²) in [4.78, 5) is 14.3. The van der Waals surface area contributed by atoms with Crippen LogP contribution in [0.1, 0.15) is 31.7 Å². The fourth-order valence-electron chi connectivity index (χ4n) is 2.98. The molecule has 4 heteroatoms. The monoisotopic (exact) mass is 278 g/mol. The van der Waals surface area contributed by atoms with E-state index >= 15 is 0 Å². The largest absolute Gasteiger partial charge is 0.338 e. The standard InChI is InChI=1S/C16H23FN2O/c1-2-12-6-7-19(15(9-12)11-18)16(20)10-13-4-3-5-14(17)8-13/h3-5,8,12,15H,2,6-7,9-11,18H2,1H3. The van der Waals surface area contributed by atoms with E-state index in [0.29, 0.717) is 12.5 Å². The number of piperidine rings is 1. The molecule has 0 saturated carbocycles. The van der Waals surface area contributed by atoms with E-state index in [0.717, 1.165) is 31.4 Å². The van der Waals surface area contributed by atoms with Crippen LogP contribution in [0, 0.1) is 11.7 Å². The summed E-state index contributed by atoms with van der Waals surface area (Å²) in [6, 6.07) is 6.38. The van der Waals surface area contributed by atoms with Gasteiger partial charge >= 0.3 is 0 Å². The number of hydrogen-bond donors (Lipinski definition) is 1. The Morgan fingerprint density at radius 1 is 1.50 bits per heavy atom. The van der Waals surface area contributed by atoms with Crippen molar-refractivity contribution in [3.05, 3.63) is 35.6 Å². The van der Waals surface area contributed by atoms with Crippen LogP contribution in [0.4, 0.5) is 4.39 Å². The molecule has 0 aliphatic carbocycles. The van der Waals surface area contributed by atoms with Crippen LogP contribution in [0.2, 0.25) is 0 Å². The summed E-state index contributed by atoms with van der Waals surface area (Å²) in [7, 11) is 0. The van der Waals surface area contributed by atoms with Gasteiger partial charge < -0.3 is 10.6 Å². The van der Waals surface area contributed by atoms with Crippen molar-refractivity contribution in [2.24, 2.45) is 11.7 Å². The summed E-state index contributed by atoms with van der Waals surface area (Å²) in [6.45, 7) is 3.46. The minimum atomic E-state index is -0.296. The zero-order valence-corrected chi connectivity index (χ0v) is 12.0. The Bertz CT molecular complexity index is 464. The topological polar surface area (TPSA) is 46.3 Å². The van der Waals surface area contributed by atoms with Gasteiger partial charge in [-0.25, -0.2) is 4.39 Å². The van der Waals surface area contributed by atoms with Crippen LogP contribution in [0.3, 0.4) is 0 Å². The van der Waals surface area contributed by atoms with Crippen molar-refractivity contribution < 1.29 is 9.18 Å². The highest BCUT2D eigenvalue weighted by Crippen LogP contribution is 2.25. The van der Waals surface area contributed by atoms with Gasteiger partial charge in [0.1, 0.15) is 5.82 Å². The molecule has 0 bridgehead atoms. The van der Waals surface area contributed by atoms with E-state index in [4.69, 9.17) is 5.73 Å². The van der Waals surface area contributed by atoms with Gasteiger partial charge in [0.2, 0.25) is 5.91 Å². The lowest BCUT2D eigenvalue weighted by atomic mass is 9.88. The Morgan fingerprint density at radius 2 is 2.30 bits per heavy atom. The van der Waals surface area contributed by atoms with Gasteiger partial charge in [0, 0.05) is 19.1 Å². The first-order valence-corrected chi connectivity index (χ1v) is 7.38. The third-order valence-corrected chi connectivity index (χ3v) is 4.24. The van der Waals surface area contributed by atoms with Crippen molar-refractivity contribution in [3.63, 3.8) is 0 Å². The summed E-state index contributed by atoms with van der Waals surface area (Å²) in [5.74, 6) is 0.428. The molecule has 1 aromatic carbocycles. The lowest BCUT2D eigenvalue weighted by Gasteiger charge is -2.39. The van der Waals surface area contributed by atoms with Gasteiger partial charge in [0.25, 0.3) is 0 Å². The van der Waals surface area contributed by atoms with Crippen LogP contribution < -0.4 is 5.73 Å². The molecule has 0 spiro atoms. The summed E-state index contributed by atoms with van der Waals surface area (Å²) in [6.07, 6.45) is 3.43. The fourth-order valence-corrected chi connectivity index (χ4v) is 2.98. The molecule has 1 aromatic rings. The molecular weight excluding hydrogens is 255 g/mol. The van der Waals surface area contributed by atoms with Gasteiger partial charge in [-0.15, -0.1) is 0 Å². The summed E-state index contributed by atoms with van der Waals surface area (Å²) >= 11 is 0. The molecule has 1 heterocycles. The Morgan fingerprint density at radius 3 is 2.95 bits per heavy atom. The molecule has 1 saturated heterocycles. The summed E-state index contributed by atoms with van der Waals surface area (Å²) in [5.41, 5.74) is 6.54. The second-order valence-corrected chi connectivity index (χ2v) is 5.58. The van der Waals surface area contributed by atoms with Crippen LogP contribution in [0.15, 0.2) is 24.3 Å². The minimum Gasteiger partial charge on any atom is -0.338 e. The number of carbonyl (C=O) groups is 1. The van der Waals surface area contributed by atoms with Crippen LogP contribution >= 0.6 is 0 Å². The zero-order valence-electron chi connectivity index (χ0n) is 12.0. The maximum Gasteiger partial charge on any atom is 0.227 e. The number of amides is 1. The van der Waals surface area contributed by atoms with Gasteiger partial charge in [0.15, 0.2) is 0 Å². The molecule has 1 fully saturated rings. The number of hydrogen-bond acceptors (Lipinski definition) is 2. The Kier molecular flexibility index (Phi) is 5.12. The molecule has 2 rings (SSSR count). The smallest absolute Gasteiger partial charge is 0.227 e. The predicted molar refractivity (Wildman–Crippen MR) is 77.7 cm³/mol. The SMILES string of the molecule is CCC1CCN(C(=O)Cc2cccc(F)c2)C(CN)C1. The van der Waals surface area contributed by atoms with Gasteiger partial charge in [-0.2, -0.15) is 0 Å². The second kappa shape index (κ2) is 6.84. The van der Waals surface area contributed by atoms with Gasteiger partial charge in [-0.1, -0.05) is 25.5 Å². The lowest BCUT2D eigenvalue weighted by molar-refractivity contribution is -0.134. The molecule has 2 atom stereocenters. The van der Waals surface area contributed by atoms with E-state index < -0.39 is 0 Å². The summed E-state index contributed by atoms with van der Waals surface area (Å²) < 4.78 is 13.2. The molecule has 3 nitrogen and oxygen atoms in total. The number of halogens is 1. The van der Waals surface area contributed by atoms with Crippen LogP contribution in [0.25, 0.3) is 0 Å². The molecule has 20 heavy (non-hydrogen) atoms. The van der Waals surface area contributed by atoms with Crippen LogP contribution in [-0.4, -0.2) is 29.9 Å². The minimum absolute atomic E-state index is 0.0561. The van der Waals surface area contributed by atoms with Crippen molar-refractivity contribution in [3.8, 4) is 0 Å². The number of rotatable bonds is 4. The highest BCUT2D eigenvalue weighted by molar-refractivity contribution is 5.79. The Labute approximate surface area is 120 Å². The number of nitrogens with zero attached hydrogens (tertiary/aromatic N) is 1. The molecule has 2 N–H and O–H groups in total. The fraction of sp³-hybridized carbons (Fsp3) is 0.562. The predicted octanol–water partition coefficient (Wildman–Crippen LogP) is 2.34. The van der Waals surface area contributed by atoms with Crippen LogP contribution in [-0.2, 0) is 11.2 Å². The molecule has 0 radical (unpaired) electrons. The number of likely N-dealkylation sites (tertiary alicyclic amines) is 1. The van der Waals surface area contributed by atoms with Gasteiger partial charge in [0.05, 0.1) is 6.42 Å². The van der Waals surface area contributed by atoms with Gasteiger partial charge in [-0.3, -0.25) is 4.79 Å². The average Bonchev–Trinajstić information content (AvgIpc) is 2.46. The van der Waals surface area contributed by atoms with Crippen molar-refractivity contribution in [1.82, 2.24) is 4.90 Å². The number of nitrogens with two attached hydrogens (primary N) is 1. The van der Waals surface area contributed by atoms with Crippen molar-refractivity contribution in [1.29, 1.82) is 0 Å². The molecule has 2 unspecified atom stereocenters. The molecule has 1 amide bonds. The Hall–Kier alpha value is -1.42.